The zero-order valence-corrected chi connectivity index (χ0v) is 15.2. The molecule has 2 aromatic rings. The number of ether oxygens (including phenoxy) is 1. The topological polar surface area (TPSA) is 85.2 Å². The molecule has 1 N–H and O–H groups in total. The minimum atomic E-state index is -0.0639. The van der Waals surface area contributed by atoms with Gasteiger partial charge < -0.3 is 15.0 Å². The number of fused-ring (bicyclic) bond motifs is 1. The summed E-state index contributed by atoms with van der Waals surface area (Å²) in [5.41, 5.74) is 3.54. The van der Waals surface area contributed by atoms with Crippen molar-refractivity contribution in [1.82, 2.24) is 25.1 Å². The molecule has 4 rings (SSSR count). The van der Waals surface area contributed by atoms with Crippen molar-refractivity contribution in [1.29, 1.82) is 0 Å². The van der Waals surface area contributed by atoms with Gasteiger partial charge in [-0.15, -0.1) is 0 Å². The van der Waals surface area contributed by atoms with Gasteiger partial charge in [-0.25, -0.2) is 9.97 Å². The van der Waals surface area contributed by atoms with Crippen LogP contribution in [-0.2, 0) is 24.8 Å². The van der Waals surface area contributed by atoms with Gasteiger partial charge in [0, 0.05) is 50.6 Å². The number of nitrogens with zero attached hydrogens (tertiary/aromatic N) is 5. The Bertz CT molecular complexity index is 818. The van der Waals surface area contributed by atoms with E-state index in [-0.39, 0.29) is 11.9 Å². The molecule has 0 unspecified atom stereocenters. The standard InChI is InChI=1S/C18H24N6O2/c1-12-15(10-23(2)22-12)17(25)20-14-4-3-6-24(9-14)18-19-8-13-11-26-7-5-16(13)21-18/h8,10,14H,3-7,9,11H2,1-2H3,(H,20,25)/t14-/m1/s1. The number of amides is 1. The van der Waals surface area contributed by atoms with Gasteiger partial charge in [-0.1, -0.05) is 0 Å². The number of rotatable bonds is 3. The highest BCUT2D eigenvalue weighted by Gasteiger charge is 2.25. The van der Waals surface area contributed by atoms with Crippen molar-refractivity contribution >= 4 is 11.9 Å². The summed E-state index contributed by atoms with van der Waals surface area (Å²) in [6, 6.07) is 0.0822. The third-order valence-electron chi connectivity index (χ3n) is 4.98. The van der Waals surface area contributed by atoms with Crippen molar-refractivity contribution in [2.75, 3.05) is 24.6 Å². The molecule has 1 saturated heterocycles. The average molecular weight is 356 g/mol. The Hall–Kier alpha value is -2.48. The molecular weight excluding hydrogens is 332 g/mol. The maximum absolute atomic E-state index is 12.6. The SMILES string of the molecule is Cc1nn(C)cc1C(=O)N[C@@H]1CCCN(c2ncc3c(n2)CCOC3)C1. The van der Waals surface area contributed by atoms with Crippen molar-refractivity contribution in [3.8, 4) is 0 Å². The number of piperidine rings is 1. The van der Waals surface area contributed by atoms with E-state index in [1.807, 2.05) is 20.2 Å². The number of anilines is 1. The van der Waals surface area contributed by atoms with E-state index in [4.69, 9.17) is 9.72 Å². The van der Waals surface area contributed by atoms with Crippen LogP contribution in [0.3, 0.4) is 0 Å². The molecule has 1 fully saturated rings. The molecule has 0 aromatic carbocycles. The average Bonchev–Trinajstić information content (AvgIpc) is 3.00. The summed E-state index contributed by atoms with van der Waals surface area (Å²) in [6.45, 7) is 4.80. The van der Waals surface area contributed by atoms with Gasteiger partial charge in [-0.2, -0.15) is 5.10 Å². The van der Waals surface area contributed by atoms with Gasteiger partial charge in [-0.05, 0) is 19.8 Å². The van der Waals surface area contributed by atoms with Crippen molar-refractivity contribution < 1.29 is 9.53 Å². The van der Waals surface area contributed by atoms with E-state index in [1.54, 1.807) is 10.9 Å². The Morgan fingerprint density at radius 2 is 2.31 bits per heavy atom. The third kappa shape index (κ3) is 3.41. The van der Waals surface area contributed by atoms with Crippen molar-refractivity contribution in [2.24, 2.45) is 7.05 Å². The molecule has 1 atom stereocenters. The first-order valence-corrected chi connectivity index (χ1v) is 9.09. The second-order valence-electron chi connectivity index (χ2n) is 7.01. The Balaban J connectivity index is 1.44. The van der Waals surface area contributed by atoms with Gasteiger partial charge >= 0.3 is 0 Å². The molecule has 0 spiro atoms. The Morgan fingerprint density at radius 1 is 1.42 bits per heavy atom. The van der Waals surface area contributed by atoms with Crippen LogP contribution in [0.2, 0.25) is 0 Å². The van der Waals surface area contributed by atoms with Crippen molar-refractivity contribution in [3.63, 3.8) is 0 Å². The molecule has 0 aliphatic carbocycles. The van der Waals surface area contributed by atoms with Crippen LogP contribution in [0.25, 0.3) is 0 Å². The zero-order chi connectivity index (χ0) is 18.1. The first-order valence-electron chi connectivity index (χ1n) is 9.09. The summed E-state index contributed by atoms with van der Waals surface area (Å²) < 4.78 is 7.12. The molecule has 2 aliphatic rings. The van der Waals surface area contributed by atoms with Crippen LogP contribution in [-0.4, -0.2) is 51.4 Å². The lowest BCUT2D eigenvalue weighted by molar-refractivity contribution is 0.0932. The fourth-order valence-electron chi connectivity index (χ4n) is 3.63. The van der Waals surface area contributed by atoms with Gasteiger partial charge in [0.05, 0.1) is 30.2 Å². The smallest absolute Gasteiger partial charge is 0.255 e. The highest BCUT2D eigenvalue weighted by Crippen LogP contribution is 2.20. The number of carbonyl (C=O) groups is 1. The molecule has 8 nitrogen and oxygen atoms in total. The van der Waals surface area contributed by atoms with E-state index in [2.05, 4.69) is 20.3 Å². The molecule has 26 heavy (non-hydrogen) atoms. The molecule has 0 saturated carbocycles. The Labute approximate surface area is 152 Å². The van der Waals surface area contributed by atoms with Crippen LogP contribution in [0.1, 0.15) is 40.2 Å². The second kappa shape index (κ2) is 7.03. The predicted octanol–water partition coefficient (Wildman–Crippen LogP) is 0.990. The quantitative estimate of drug-likeness (QED) is 0.883. The van der Waals surface area contributed by atoms with Crippen LogP contribution in [0.5, 0.6) is 0 Å². The third-order valence-corrected chi connectivity index (χ3v) is 4.98. The normalized spacial score (nSPS) is 19.9. The minimum absolute atomic E-state index is 0.0639. The van der Waals surface area contributed by atoms with E-state index in [0.29, 0.717) is 18.8 Å². The van der Waals surface area contributed by atoms with E-state index in [0.717, 1.165) is 55.3 Å². The molecule has 0 bridgehead atoms. The number of nitrogens with one attached hydrogen (secondary N) is 1. The summed E-state index contributed by atoms with van der Waals surface area (Å²) in [6.07, 6.45) is 6.43. The molecule has 1 amide bonds. The molecule has 8 heteroatoms. The molecule has 2 aliphatic heterocycles. The first kappa shape index (κ1) is 17.0. The lowest BCUT2D eigenvalue weighted by Gasteiger charge is -2.33. The van der Waals surface area contributed by atoms with E-state index >= 15 is 0 Å². The van der Waals surface area contributed by atoms with E-state index in [9.17, 15) is 4.79 Å². The molecular formula is C18H24N6O2. The van der Waals surface area contributed by atoms with Crippen LogP contribution in [0.4, 0.5) is 5.95 Å². The number of carbonyl (C=O) groups excluding carboxylic acids is 1. The van der Waals surface area contributed by atoms with Gasteiger partial charge in [0.2, 0.25) is 5.95 Å². The van der Waals surface area contributed by atoms with Gasteiger partial charge in [0.15, 0.2) is 0 Å². The summed E-state index contributed by atoms with van der Waals surface area (Å²) in [5, 5.41) is 7.39. The van der Waals surface area contributed by atoms with Gasteiger partial charge in [0.25, 0.3) is 5.91 Å². The van der Waals surface area contributed by atoms with Crippen LogP contribution in [0, 0.1) is 6.92 Å². The minimum Gasteiger partial charge on any atom is -0.376 e. The highest BCUT2D eigenvalue weighted by molar-refractivity contribution is 5.95. The Morgan fingerprint density at radius 3 is 3.12 bits per heavy atom. The number of hydrogen-bond donors (Lipinski definition) is 1. The Kier molecular flexibility index (Phi) is 4.58. The summed E-state index contributed by atoms with van der Waals surface area (Å²) in [5.74, 6) is 0.688. The first-order chi connectivity index (χ1) is 12.6. The largest absolute Gasteiger partial charge is 0.376 e. The van der Waals surface area contributed by atoms with Crippen molar-refractivity contribution in [3.05, 3.63) is 34.9 Å². The molecule has 4 heterocycles. The molecule has 2 aromatic heterocycles. The maximum Gasteiger partial charge on any atom is 0.255 e. The fraction of sp³-hybridized carbons (Fsp3) is 0.556. The highest BCUT2D eigenvalue weighted by atomic mass is 16.5. The monoisotopic (exact) mass is 356 g/mol. The maximum atomic E-state index is 12.6. The summed E-state index contributed by atoms with van der Waals surface area (Å²) in [7, 11) is 1.82. The molecule has 0 radical (unpaired) electrons. The van der Waals surface area contributed by atoms with Gasteiger partial charge in [-0.3, -0.25) is 9.48 Å². The lowest BCUT2D eigenvalue weighted by atomic mass is 10.1. The van der Waals surface area contributed by atoms with Crippen LogP contribution < -0.4 is 10.2 Å². The second-order valence-corrected chi connectivity index (χ2v) is 7.01. The predicted molar refractivity (Wildman–Crippen MR) is 96.0 cm³/mol. The zero-order valence-electron chi connectivity index (χ0n) is 15.2. The van der Waals surface area contributed by atoms with E-state index < -0.39 is 0 Å². The lowest BCUT2D eigenvalue weighted by Crippen LogP contribution is -2.48. The van der Waals surface area contributed by atoms with Crippen LogP contribution in [0.15, 0.2) is 12.4 Å². The van der Waals surface area contributed by atoms with Crippen molar-refractivity contribution in [2.45, 2.75) is 38.8 Å². The van der Waals surface area contributed by atoms with Gasteiger partial charge in [0.1, 0.15) is 0 Å². The summed E-state index contributed by atoms with van der Waals surface area (Å²) in [4.78, 5) is 24.0. The fourth-order valence-corrected chi connectivity index (χ4v) is 3.63. The van der Waals surface area contributed by atoms with Crippen LogP contribution >= 0.6 is 0 Å². The number of hydrogen-bond acceptors (Lipinski definition) is 6. The summed E-state index contributed by atoms with van der Waals surface area (Å²) >= 11 is 0. The number of aryl methyl sites for hydroxylation is 2. The molecule has 138 valence electrons. The van der Waals surface area contributed by atoms with E-state index in [1.165, 1.54) is 0 Å². The number of aromatic nitrogens is 4.